The molecule has 1 heterocycles. The van der Waals surface area contributed by atoms with Crippen molar-refractivity contribution in [3.63, 3.8) is 0 Å². The number of amides is 1. The van der Waals surface area contributed by atoms with E-state index < -0.39 is 0 Å². The number of rotatable bonds is 10. The molecule has 0 saturated carbocycles. The van der Waals surface area contributed by atoms with Crippen molar-refractivity contribution in [1.82, 2.24) is 14.8 Å². The summed E-state index contributed by atoms with van der Waals surface area (Å²) in [7, 11) is 0. The van der Waals surface area contributed by atoms with Crippen molar-refractivity contribution < 1.29 is 9.59 Å². The summed E-state index contributed by atoms with van der Waals surface area (Å²) < 4.78 is 1.96. The van der Waals surface area contributed by atoms with E-state index in [1.807, 2.05) is 48.7 Å². The lowest BCUT2D eigenvalue weighted by molar-refractivity contribution is -0.116. The van der Waals surface area contributed by atoms with Crippen molar-refractivity contribution in [2.75, 3.05) is 5.32 Å². The van der Waals surface area contributed by atoms with Crippen LogP contribution in [0.1, 0.15) is 37.0 Å². The molecule has 0 radical (unpaired) electrons. The molecule has 0 spiro atoms. The van der Waals surface area contributed by atoms with Gasteiger partial charge in [-0.05, 0) is 37.6 Å². The molecule has 1 atom stereocenters. The fourth-order valence-electron chi connectivity index (χ4n) is 3.09. The molecular formula is C24H26N4O2S. The van der Waals surface area contributed by atoms with Crippen LogP contribution in [-0.4, -0.2) is 31.7 Å². The highest BCUT2D eigenvalue weighted by molar-refractivity contribution is 8.00. The normalized spacial score (nSPS) is 11.7. The first-order valence-electron chi connectivity index (χ1n) is 10.2. The minimum atomic E-state index is -0.350. The van der Waals surface area contributed by atoms with Crippen LogP contribution < -0.4 is 5.32 Å². The lowest BCUT2D eigenvalue weighted by Crippen LogP contribution is -2.15. The molecule has 0 saturated heterocycles. The van der Waals surface area contributed by atoms with Gasteiger partial charge in [-0.15, -0.1) is 16.8 Å². The first-order chi connectivity index (χ1) is 15.0. The Balaban J connectivity index is 1.73. The molecule has 1 aromatic heterocycles. The molecule has 0 fully saturated rings. The van der Waals surface area contributed by atoms with Gasteiger partial charge in [0.15, 0.2) is 16.8 Å². The molecule has 2 aromatic carbocycles. The van der Waals surface area contributed by atoms with Gasteiger partial charge in [0.1, 0.15) is 0 Å². The Kier molecular flexibility index (Phi) is 7.78. The number of aromatic nitrogens is 3. The molecule has 31 heavy (non-hydrogen) atoms. The summed E-state index contributed by atoms with van der Waals surface area (Å²) in [4.78, 5) is 24.7. The van der Waals surface area contributed by atoms with Crippen LogP contribution in [0.5, 0.6) is 0 Å². The standard InChI is InChI=1S/C24H26N4O2S/c1-4-9-21(29)25-20-14-12-18(13-15-20)22(30)17(3)31-24-27-26-23(28(24)16-5-2)19-10-7-6-8-11-19/h5-8,10-15,17H,2,4,9,16H2,1,3H3,(H,25,29). The average molecular weight is 435 g/mol. The number of anilines is 1. The Labute approximate surface area is 186 Å². The summed E-state index contributed by atoms with van der Waals surface area (Å²) >= 11 is 1.37. The molecule has 6 nitrogen and oxygen atoms in total. The van der Waals surface area contributed by atoms with Crippen LogP contribution in [0, 0.1) is 0 Å². The van der Waals surface area contributed by atoms with E-state index in [-0.39, 0.29) is 16.9 Å². The largest absolute Gasteiger partial charge is 0.326 e. The smallest absolute Gasteiger partial charge is 0.224 e. The SMILES string of the molecule is C=CCn1c(SC(C)C(=O)c2ccc(NC(=O)CCC)cc2)nnc1-c1ccccc1. The third-order valence-electron chi connectivity index (χ3n) is 4.64. The van der Waals surface area contributed by atoms with Crippen molar-refractivity contribution in [2.24, 2.45) is 0 Å². The number of carbonyl (C=O) groups excluding carboxylic acids is 2. The molecule has 1 unspecified atom stereocenters. The van der Waals surface area contributed by atoms with Gasteiger partial charge in [0, 0.05) is 29.8 Å². The van der Waals surface area contributed by atoms with Gasteiger partial charge < -0.3 is 5.32 Å². The van der Waals surface area contributed by atoms with Gasteiger partial charge in [-0.25, -0.2) is 0 Å². The molecule has 160 valence electrons. The number of nitrogens with zero attached hydrogens (tertiary/aromatic N) is 3. The second kappa shape index (κ2) is 10.7. The van der Waals surface area contributed by atoms with Gasteiger partial charge in [-0.2, -0.15) is 0 Å². The van der Waals surface area contributed by atoms with E-state index in [2.05, 4.69) is 22.1 Å². The fourth-order valence-corrected chi connectivity index (χ4v) is 4.02. The van der Waals surface area contributed by atoms with Gasteiger partial charge in [-0.3, -0.25) is 14.2 Å². The van der Waals surface area contributed by atoms with Crippen LogP contribution in [-0.2, 0) is 11.3 Å². The quantitative estimate of drug-likeness (QED) is 0.268. The summed E-state index contributed by atoms with van der Waals surface area (Å²) in [6.07, 6.45) is 3.06. The number of allylic oxidation sites excluding steroid dienone is 1. The van der Waals surface area contributed by atoms with Crippen molar-refractivity contribution >= 4 is 29.1 Å². The van der Waals surface area contributed by atoms with Gasteiger partial charge in [0.25, 0.3) is 0 Å². The predicted octanol–water partition coefficient (Wildman–Crippen LogP) is 5.23. The van der Waals surface area contributed by atoms with E-state index in [0.717, 1.165) is 17.8 Å². The first-order valence-corrected chi connectivity index (χ1v) is 11.1. The molecule has 0 aliphatic rings. The van der Waals surface area contributed by atoms with E-state index in [9.17, 15) is 9.59 Å². The maximum Gasteiger partial charge on any atom is 0.224 e. The number of ketones is 1. The number of carbonyl (C=O) groups is 2. The van der Waals surface area contributed by atoms with Crippen LogP contribution in [0.4, 0.5) is 5.69 Å². The molecule has 0 aliphatic heterocycles. The molecule has 1 amide bonds. The zero-order valence-corrected chi connectivity index (χ0v) is 18.6. The summed E-state index contributed by atoms with van der Waals surface area (Å²) in [5, 5.41) is 11.8. The third kappa shape index (κ3) is 5.70. The van der Waals surface area contributed by atoms with Crippen molar-refractivity contribution in [3.8, 4) is 11.4 Å². The fraction of sp³-hybridized carbons (Fsp3) is 0.250. The number of nitrogens with one attached hydrogen (secondary N) is 1. The van der Waals surface area contributed by atoms with Crippen LogP contribution in [0.25, 0.3) is 11.4 Å². The molecule has 3 rings (SSSR count). The Morgan fingerprint density at radius 3 is 2.48 bits per heavy atom. The summed E-state index contributed by atoms with van der Waals surface area (Å²) in [6, 6.07) is 16.8. The Bertz CT molecular complexity index is 1050. The Morgan fingerprint density at radius 1 is 1.13 bits per heavy atom. The zero-order chi connectivity index (χ0) is 22.2. The third-order valence-corrected chi connectivity index (χ3v) is 5.72. The van der Waals surface area contributed by atoms with Crippen LogP contribution in [0.15, 0.2) is 72.4 Å². The lowest BCUT2D eigenvalue weighted by Gasteiger charge is -2.12. The van der Waals surface area contributed by atoms with E-state index >= 15 is 0 Å². The number of hydrogen-bond donors (Lipinski definition) is 1. The van der Waals surface area contributed by atoms with Gasteiger partial charge in [0.05, 0.1) is 5.25 Å². The number of thioether (sulfide) groups is 1. The first kappa shape index (κ1) is 22.5. The van der Waals surface area contributed by atoms with Gasteiger partial charge >= 0.3 is 0 Å². The molecule has 1 N–H and O–H groups in total. The zero-order valence-electron chi connectivity index (χ0n) is 17.7. The van der Waals surface area contributed by atoms with Crippen molar-refractivity contribution in [3.05, 3.63) is 72.8 Å². The molecule has 7 heteroatoms. The monoisotopic (exact) mass is 434 g/mol. The summed E-state index contributed by atoms with van der Waals surface area (Å²) in [5.41, 5.74) is 2.24. The summed E-state index contributed by atoms with van der Waals surface area (Å²) in [5.74, 6) is 0.710. The van der Waals surface area contributed by atoms with Crippen LogP contribution >= 0.6 is 11.8 Å². The summed E-state index contributed by atoms with van der Waals surface area (Å²) in [6.45, 7) is 8.20. The Morgan fingerprint density at radius 2 is 1.84 bits per heavy atom. The van der Waals surface area contributed by atoms with Crippen LogP contribution in [0.2, 0.25) is 0 Å². The predicted molar refractivity (Wildman–Crippen MR) is 125 cm³/mol. The lowest BCUT2D eigenvalue weighted by atomic mass is 10.1. The number of benzene rings is 2. The van der Waals surface area contributed by atoms with E-state index in [1.54, 1.807) is 30.3 Å². The van der Waals surface area contributed by atoms with Crippen molar-refractivity contribution in [1.29, 1.82) is 0 Å². The number of Topliss-reactive ketones (excluding diaryl/α,β-unsaturated/α-hetero) is 1. The highest BCUT2D eigenvalue weighted by Gasteiger charge is 2.21. The highest BCUT2D eigenvalue weighted by Crippen LogP contribution is 2.28. The van der Waals surface area contributed by atoms with Gasteiger partial charge in [0.2, 0.25) is 5.91 Å². The minimum absolute atomic E-state index is 0.00847. The van der Waals surface area contributed by atoms with Crippen molar-refractivity contribution in [2.45, 2.75) is 43.6 Å². The number of hydrogen-bond acceptors (Lipinski definition) is 5. The van der Waals surface area contributed by atoms with E-state index in [4.69, 9.17) is 0 Å². The molecular weight excluding hydrogens is 408 g/mol. The Hall–Kier alpha value is -3.19. The molecule has 0 bridgehead atoms. The molecule has 0 aliphatic carbocycles. The minimum Gasteiger partial charge on any atom is -0.326 e. The van der Waals surface area contributed by atoms with E-state index in [1.165, 1.54) is 11.8 Å². The second-order valence-electron chi connectivity index (χ2n) is 7.07. The van der Waals surface area contributed by atoms with Gasteiger partial charge in [-0.1, -0.05) is 55.1 Å². The topological polar surface area (TPSA) is 76.9 Å². The van der Waals surface area contributed by atoms with E-state index in [0.29, 0.717) is 29.4 Å². The average Bonchev–Trinajstić information content (AvgIpc) is 3.17. The highest BCUT2D eigenvalue weighted by atomic mass is 32.2. The second-order valence-corrected chi connectivity index (χ2v) is 8.38. The maximum absolute atomic E-state index is 12.9. The molecule has 3 aromatic rings. The maximum atomic E-state index is 12.9. The van der Waals surface area contributed by atoms with Crippen LogP contribution in [0.3, 0.4) is 0 Å².